The molecule has 0 saturated heterocycles. The van der Waals surface area contributed by atoms with Gasteiger partial charge >= 0.3 is 0 Å². The van der Waals surface area contributed by atoms with Crippen LogP contribution < -0.4 is 5.32 Å². The van der Waals surface area contributed by atoms with Crippen LogP contribution in [0.15, 0.2) is 18.2 Å². The van der Waals surface area contributed by atoms with E-state index in [1.807, 2.05) is 26.0 Å². The van der Waals surface area contributed by atoms with Gasteiger partial charge in [-0.05, 0) is 38.1 Å². The highest BCUT2D eigenvalue weighted by molar-refractivity contribution is 9.10. The molecule has 1 aromatic carbocycles. The van der Waals surface area contributed by atoms with Crippen LogP contribution in [0.2, 0.25) is 0 Å². The van der Waals surface area contributed by atoms with Crippen molar-refractivity contribution in [2.24, 2.45) is 0 Å². The zero-order valence-corrected chi connectivity index (χ0v) is 12.0. The Balaban J connectivity index is 2.24. The molecule has 0 spiro atoms. The number of carbonyl (C=O) groups excluding carboxylic acids is 1. The summed E-state index contributed by atoms with van der Waals surface area (Å²) in [5.41, 5.74) is 3.47. The lowest BCUT2D eigenvalue weighted by Crippen LogP contribution is -2.31. The molecule has 0 unspecified atom stereocenters. The number of fused-ring (bicyclic) bond motifs is 1. The molecule has 0 aromatic heterocycles. The van der Waals surface area contributed by atoms with Crippen molar-refractivity contribution in [3.63, 3.8) is 0 Å². The molecule has 3 nitrogen and oxygen atoms in total. The van der Waals surface area contributed by atoms with Crippen LogP contribution in [-0.2, 0) is 17.9 Å². The van der Waals surface area contributed by atoms with Gasteiger partial charge < -0.3 is 5.32 Å². The fourth-order valence-electron chi connectivity index (χ4n) is 1.97. The van der Waals surface area contributed by atoms with Crippen molar-refractivity contribution < 1.29 is 4.79 Å². The van der Waals surface area contributed by atoms with Gasteiger partial charge in [-0.15, -0.1) is 0 Å². The average molecular weight is 297 g/mol. The van der Waals surface area contributed by atoms with Gasteiger partial charge in [-0.25, -0.2) is 0 Å². The minimum atomic E-state index is -0.541. The van der Waals surface area contributed by atoms with Crippen molar-refractivity contribution in [3.05, 3.63) is 29.3 Å². The van der Waals surface area contributed by atoms with Gasteiger partial charge in [0.1, 0.15) is 0 Å². The first-order valence-corrected chi connectivity index (χ1v) is 6.47. The van der Waals surface area contributed by atoms with E-state index in [0.29, 0.717) is 0 Å². The highest BCUT2D eigenvalue weighted by Crippen LogP contribution is 2.29. The number of anilines is 1. The molecule has 1 amide bonds. The van der Waals surface area contributed by atoms with Crippen molar-refractivity contribution >= 4 is 27.5 Å². The van der Waals surface area contributed by atoms with Gasteiger partial charge in [-0.3, -0.25) is 9.69 Å². The predicted octanol–water partition coefficient (Wildman–Crippen LogP) is 2.74. The molecule has 0 radical (unpaired) electrons. The Hall–Kier alpha value is -0.870. The summed E-state index contributed by atoms with van der Waals surface area (Å²) in [6.45, 7) is 5.54. The Kier molecular flexibility index (Phi) is 3.27. The van der Waals surface area contributed by atoms with Gasteiger partial charge in [0.05, 0.1) is 4.32 Å². The molecule has 0 atom stereocenters. The maximum atomic E-state index is 11.9. The number of hydrogen-bond acceptors (Lipinski definition) is 2. The molecule has 0 fully saturated rings. The van der Waals surface area contributed by atoms with Gasteiger partial charge in [-0.2, -0.15) is 0 Å². The molecule has 0 saturated carbocycles. The Morgan fingerprint density at radius 2 is 2.12 bits per heavy atom. The van der Waals surface area contributed by atoms with E-state index in [1.165, 1.54) is 11.1 Å². The van der Waals surface area contributed by atoms with E-state index in [2.05, 4.69) is 39.3 Å². The first-order valence-electron chi connectivity index (χ1n) is 5.67. The van der Waals surface area contributed by atoms with E-state index in [1.54, 1.807) is 0 Å². The summed E-state index contributed by atoms with van der Waals surface area (Å²) in [5, 5.41) is 2.99. The summed E-state index contributed by atoms with van der Waals surface area (Å²) in [6.07, 6.45) is 0. The zero-order chi connectivity index (χ0) is 12.6. The van der Waals surface area contributed by atoms with Gasteiger partial charge in [0.2, 0.25) is 5.91 Å². The van der Waals surface area contributed by atoms with Crippen molar-refractivity contribution in [2.75, 3.05) is 12.4 Å². The van der Waals surface area contributed by atoms with E-state index in [4.69, 9.17) is 0 Å². The van der Waals surface area contributed by atoms with E-state index in [-0.39, 0.29) is 5.91 Å². The second-order valence-electron chi connectivity index (χ2n) is 5.04. The molecule has 1 N–H and O–H groups in total. The molecule has 2 rings (SSSR count). The molecule has 1 aliphatic rings. The first kappa shape index (κ1) is 12.6. The first-order chi connectivity index (χ1) is 7.88. The quantitative estimate of drug-likeness (QED) is 0.851. The molecule has 1 heterocycles. The van der Waals surface area contributed by atoms with Crippen LogP contribution in [0.5, 0.6) is 0 Å². The number of nitrogens with one attached hydrogen (secondary N) is 1. The topological polar surface area (TPSA) is 32.3 Å². The highest BCUT2D eigenvalue weighted by Gasteiger charge is 2.26. The number of carbonyl (C=O) groups is 1. The van der Waals surface area contributed by atoms with Gasteiger partial charge in [0.15, 0.2) is 0 Å². The molecule has 17 heavy (non-hydrogen) atoms. The summed E-state index contributed by atoms with van der Waals surface area (Å²) in [6, 6.07) is 6.08. The second kappa shape index (κ2) is 4.42. The number of rotatable bonds is 2. The summed E-state index contributed by atoms with van der Waals surface area (Å²) in [5.74, 6) is -0.0135. The van der Waals surface area contributed by atoms with Crippen LogP contribution in [0, 0.1) is 0 Å². The van der Waals surface area contributed by atoms with E-state index in [9.17, 15) is 4.79 Å². The molecular weight excluding hydrogens is 280 g/mol. The maximum absolute atomic E-state index is 11.9. The molecule has 4 heteroatoms. The monoisotopic (exact) mass is 296 g/mol. The van der Waals surface area contributed by atoms with Crippen molar-refractivity contribution in [1.29, 1.82) is 0 Å². The molecule has 0 aliphatic carbocycles. The average Bonchev–Trinajstić information content (AvgIpc) is 2.58. The summed E-state index contributed by atoms with van der Waals surface area (Å²) < 4.78 is -0.541. The van der Waals surface area contributed by atoms with Crippen LogP contribution in [0.4, 0.5) is 5.69 Å². The van der Waals surface area contributed by atoms with Crippen LogP contribution in [-0.4, -0.2) is 22.2 Å². The minimum Gasteiger partial charge on any atom is -0.325 e. The van der Waals surface area contributed by atoms with Crippen LogP contribution in [0.25, 0.3) is 0 Å². The Morgan fingerprint density at radius 1 is 1.41 bits per heavy atom. The number of nitrogens with zero attached hydrogens (tertiary/aromatic N) is 1. The van der Waals surface area contributed by atoms with Crippen LogP contribution in [0.3, 0.4) is 0 Å². The number of amides is 1. The Bertz CT molecular complexity index is 451. The lowest BCUT2D eigenvalue weighted by molar-refractivity contribution is -0.117. The van der Waals surface area contributed by atoms with E-state index >= 15 is 0 Å². The third kappa shape index (κ3) is 2.69. The minimum absolute atomic E-state index is 0.0135. The lowest BCUT2D eigenvalue weighted by atomic mass is 10.1. The zero-order valence-electron chi connectivity index (χ0n) is 10.4. The van der Waals surface area contributed by atoms with E-state index < -0.39 is 4.32 Å². The number of halogens is 1. The van der Waals surface area contributed by atoms with Crippen LogP contribution in [0.1, 0.15) is 25.0 Å². The lowest BCUT2D eigenvalue weighted by Gasteiger charge is -2.17. The predicted molar refractivity (Wildman–Crippen MR) is 73.2 cm³/mol. The van der Waals surface area contributed by atoms with E-state index in [0.717, 1.165) is 18.8 Å². The van der Waals surface area contributed by atoms with Crippen molar-refractivity contribution in [1.82, 2.24) is 4.90 Å². The second-order valence-corrected chi connectivity index (χ2v) is 7.02. The van der Waals surface area contributed by atoms with Gasteiger partial charge in [-0.1, -0.05) is 28.1 Å². The van der Waals surface area contributed by atoms with Crippen LogP contribution >= 0.6 is 15.9 Å². The fourth-order valence-corrected chi connectivity index (χ4v) is 2.07. The molecule has 0 bridgehead atoms. The molecule has 1 aliphatic heterocycles. The number of alkyl halides is 1. The molecular formula is C13H17BrN2O. The maximum Gasteiger partial charge on any atom is 0.240 e. The third-order valence-electron chi connectivity index (χ3n) is 2.93. The van der Waals surface area contributed by atoms with Gasteiger partial charge in [0, 0.05) is 18.8 Å². The van der Waals surface area contributed by atoms with Gasteiger partial charge in [0.25, 0.3) is 0 Å². The Morgan fingerprint density at radius 3 is 2.76 bits per heavy atom. The summed E-state index contributed by atoms with van der Waals surface area (Å²) in [7, 11) is 2.08. The smallest absolute Gasteiger partial charge is 0.240 e. The summed E-state index contributed by atoms with van der Waals surface area (Å²) in [4.78, 5) is 14.2. The SMILES string of the molecule is CN1Cc2cccc(NC(=O)C(C)(C)Br)c2C1. The third-order valence-corrected chi connectivity index (χ3v) is 3.29. The Labute approximate surface area is 110 Å². The summed E-state index contributed by atoms with van der Waals surface area (Å²) >= 11 is 3.37. The number of hydrogen-bond donors (Lipinski definition) is 1. The van der Waals surface area contributed by atoms with Crippen molar-refractivity contribution in [3.8, 4) is 0 Å². The van der Waals surface area contributed by atoms with Crippen molar-refractivity contribution in [2.45, 2.75) is 31.3 Å². The standard InChI is InChI=1S/C13H17BrN2O/c1-13(2,14)12(17)15-11-6-4-5-9-7-16(3)8-10(9)11/h4-6H,7-8H2,1-3H3,(H,15,17). The fraction of sp³-hybridized carbons (Fsp3) is 0.462. The molecule has 92 valence electrons. The highest BCUT2D eigenvalue weighted by atomic mass is 79.9. The normalized spacial score (nSPS) is 15.8. The molecule has 1 aromatic rings. The number of benzene rings is 1. The largest absolute Gasteiger partial charge is 0.325 e.